The number of hydrogen-bond donors (Lipinski definition) is 0. The second-order valence-electron chi connectivity index (χ2n) is 14.9. The van der Waals surface area contributed by atoms with E-state index in [9.17, 15) is 0 Å². The Morgan fingerprint density at radius 1 is 0.263 bits per heavy atom. The first-order valence-electron chi connectivity index (χ1n) is 19.5. The molecule has 3 heteroatoms. The molecule has 0 aliphatic heterocycles. The van der Waals surface area contributed by atoms with Crippen LogP contribution >= 0.6 is 0 Å². The highest BCUT2D eigenvalue weighted by Crippen LogP contribution is 2.41. The van der Waals surface area contributed by atoms with Gasteiger partial charge in [-0.3, -0.25) is 0 Å². The monoisotopic (exact) mass is 726 g/mol. The van der Waals surface area contributed by atoms with Crippen molar-refractivity contribution in [1.82, 2.24) is 9.13 Å². The summed E-state index contributed by atoms with van der Waals surface area (Å²) in [6.45, 7) is 0. The van der Waals surface area contributed by atoms with E-state index in [0.29, 0.717) is 0 Å². The molecule has 3 aromatic heterocycles. The van der Waals surface area contributed by atoms with Crippen LogP contribution in [0.15, 0.2) is 211 Å². The third kappa shape index (κ3) is 4.86. The second-order valence-corrected chi connectivity index (χ2v) is 14.9. The van der Waals surface area contributed by atoms with Crippen LogP contribution in [0.2, 0.25) is 0 Å². The van der Waals surface area contributed by atoms with Gasteiger partial charge >= 0.3 is 0 Å². The number of nitrogens with zero attached hydrogens (tertiary/aromatic N) is 2. The van der Waals surface area contributed by atoms with Gasteiger partial charge in [-0.05, 0) is 82.9 Å². The van der Waals surface area contributed by atoms with Crippen molar-refractivity contribution in [2.45, 2.75) is 0 Å². The SMILES string of the molecule is c1ccc(-c2cccc3c2oc2c(-c4ccc(-n5c6ccccc6c6cc(-c7ccc8c(c7)c7ccccc7n8-c7ccccc7)ccc65)cc4)cccc23)cc1. The van der Waals surface area contributed by atoms with Gasteiger partial charge in [0.2, 0.25) is 0 Å². The number of furan rings is 1. The minimum Gasteiger partial charge on any atom is -0.455 e. The van der Waals surface area contributed by atoms with Gasteiger partial charge in [0, 0.05) is 54.8 Å². The van der Waals surface area contributed by atoms with E-state index in [0.717, 1.165) is 49.9 Å². The summed E-state index contributed by atoms with van der Waals surface area (Å²) in [5, 5.41) is 7.25. The molecule has 266 valence electrons. The molecule has 57 heavy (non-hydrogen) atoms. The second kappa shape index (κ2) is 12.5. The zero-order chi connectivity index (χ0) is 37.5. The number of hydrogen-bond acceptors (Lipinski definition) is 1. The summed E-state index contributed by atoms with van der Waals surface area (Å²) in [5.74, 6) is 0. The van der Waals surface area contributed by atoms with Gasteiger partial charge in [-0.25, -0.2) is 0 Å². The molecule has 0 fully saturated rings. The molecule has 3 heterocycles. The summed E-state index contributed by atoms with van der Waals surface area (Å²) in [6, 6.07) is 74.3. The summed E-state index contributed by atoms with van der Waals surface area (Å²) in [6.07, 6.45) is 0. The van der Waals surface area contributed by atoms with Gasteiger partial charge in [0.05, 0.1) is 22.1 Å². The van der Waals surface area contributed by atoms with Crippen molar-refractivity contribution in [1.29, 1.82) is 0 Å². The molecule has 0 N–H and O–H groups in total. The van der Waals surface area contributed by atoms with Gasteiger partial charge in [-0.1, -0.05) is 146 Å². The summed E-state index contributed by atoms with van der Waals surface area (Å²) >= 11 is 0. The highest BCUT2D eigenvalue weighted by molar-refractivity contribution is 6.14. The Labute approximate surface area is 328 Å². The lowest BCUT2D eigenvalue weighted by molar-refractivity contribution is 0.671. The van der Waals surface area contributed by atoms with E-state index in [1.807, 2.05) is 0 Å². The standard InChI is InChI=1S/C54H34N2O/c1-3-13-35(14-4-1)41-19-11-21-45-46-22-12-20-42(54(46)57-53(41)45)36-25-29-40(30-26-36)56-50-24-10-8-18-44(50)48-34-38(28-32-52(48)56)37-27-31-51-47(33-37)43-17-7-9-23-49(43)55(51)39-15-5-2-6-16-39/h1-34H. The number of benzene rings is 9. The third-order valence-electron chi connectivity index (χ3n) is 11.7. The van der Waals surface area contributed by atoms with E-state index in [4.69, 9.17) is 4.42 Å². The lowest BCUT2D eigenvalue weighted by atomic mass is 10.00. The normalized spacial score (nSPS) is 11.9. The molecule has 0 saturated heterocycles. The minimum atomic E-state index is 0.913. The van der Waals surface area contributed by atoms with Crippen molar-refractivity contribution in [2.75, 3.05) is 0 Å². The Kier molecular flexibility index (Phi) is 6.93. The fraction of sp³-hybridized carbons (Fsp3) is 0. The van der Waals surface area contributed by atoms with E-state index >= 15 is 0 Å². The summed E-state index contributed by atoms with van der Waals surface area (Å²) in [5.41, 5.74) is 15.8. The molecule has 3 nitrogen and oxygen atoms in total. The molecule has 0 spiro atoms. The van der Waals surface area contributed by atoms with Crippen LogP contribution in [-0.2, 0) is 0 Å². The molecule has 0 bridgehead atoms. The maximum Gasteiger partial charge on any atom is 0.143 e. The van der Waals surface area contributed by atoms with Crippen LogP contribution in [0, 0.1) is 0 Å². The molecule has 9 aromatic carbocycles. The maximum atomic E-state index is 6.75. The van der Waals surface area contributed by atoms with E-state index in [1.165, 1.54) is 60.4 Å². The van der Waals surface area contributed by atoms with Gasteiger partial charge in [-0.2, -0.15) is 0 Å². The Morgan fingerprint density at radius 2 is 0.667 bits per heavy atom. The molecule has 0 aliphatic carbocycles. The van der Waals surface area contributed by atoms with Crippen LogP contribution in [0.1, 0.15) is 0 Å². The zero-order valence-corrected chi connectivity index (χ0v) is 30.9. The van der Waals surface area contributed by atoms with Gasteiger partial charge in [-0.15, -0.1) is 0 Å². The smallest absolute Gasteiger partial charge is 0.143 e. The lowest BCUT2D eigenvalue weighted by Gasteiger charge is -2.10. The molecule has 0 saturated carbocycles. The van der Waals surface area contributed by atoms with Gasteiger partial charge in [0.25, 0.3) is 0 Å². The number of rotatable bonds is 5. The van der Waals surface area contributed by atoms with E-state index in [2.05, 4.69) is 215 Å². The van der Waals surface area contributed by atoms with Crippen LogP contribution < -0.4 is 0 Å². The molecule has 0 amide bonds. The minimum absolute atomic E-state index is 0.913. The largest absolute Gasteiger partial charge is 0.455 e. The highest BCUT2D eigenvalue weighted by atomic mass is 16.3. The lowest BCUT2D eigenvalue weighted by Crippen LogP contribution is -1.94. The summed E-state index contributed by atoms with van der Waals surface area (Å²) < 4.78 is 11.5. The number of fused-ring (bicyclic) bond motifs is 9. The number of aromatic nitrogens is 2. The first-order chi connectivity index (χ1) is 28.3. The van der Waals surface area contributed by atoms with Crippen molar-refractivity contribution in [3.8, 4) is 44.8 Å². The van der Waals surface area contributed by atoms with E-state index < -0.39 is 0 Å². The summed E-state index contributed by atoms with van der Waals surface area (Å²) in [4.78, 5) is 0. The number of para-hydroxylation sites is 5. The topological polar surface area (TPSA) is 23.0 Å². The first kappa shape index (κ1) is 31.7. The first-order valence-corrected chi connectivity index (χ1v) is 19.5. The van der Waals surface area contributed by atoms with Crippen LogP contribution in [0.5, 0.6) is 0 Å². The Hall–Kier alpha value is -7.62. The van der Waals surface area contributed by atoms with E-state index in [1.54, 1.807) is 0 Å². The fourth-order valence-electron chi connectivity index (χ4n) is 9.12. The molecule has 0 radical (unpaired) electrons. The molecular weight excluding hydrogens is 693 g/mol. The third-order valence-corrected chi connectivity index (χ3v) is 11.7. The van der Waals surface area contributed by atoms with Gasteiger partial charge < -0.3 is 13.6 Å². The predicted octanol–water partition coefficient (Wildman–Crippen LogP) is 14.8. The molecule has 0 atom stereocenters. The van der Waals surface area contributed by atoms with Crippen LogP contribution in [-0.4, -0.2) is 9.13 Å². The Morgan fingerprint density at radius 3 is 1.21 bits per heavy atom. The Balaban J connectivity index is 0.959. The maximum absolute atomic E-state index is 6.75. The van der Waals surface area contributed by atoms with Crippen LogP contribution in [0.25, 0.3) is 110 Å². The highest BCUT2D eigenvalue weighted by Gasteiger charge is 2.18. The van der Waals surface area contributed by atoms with E-state index in [-0.39, 0.29) is 0 Å². The van der Waals surface area contributed by atoms with Crippen molar-refractivity contribution in [2.24, 2.45) is 0 Å². The molecular formula is C54H34N2O. The molecule has 12 rings (SSSR count). The molecule has 12 aromatic rings. The average molecular weight is 727 g/mol. The van der Waals surface area contributed by atoms with Crippen molar-refractivity contribution < 1.29 is 4.42 Å². The van der Waals surface area contributed by atoms with Gasteiger partial charge in [0.15, 0.2) is 0 Å². The van der Waals surface area contributed by atoms with Crippen LogP contribution in [0.3, 0.4) is 0 Å². The predicted molar refractivity (Wildman–Crippen MR) is 239 cm³/mol. The zero-order valence-electron chi connectivity index (χ0n) is 30.9. The molecule has 0 unspecified atom stereocenters. The Bertz CT molecular complexity index is 3490. The average Bonchev–Trinajstić information content (AvgIpc) is 3.94. The van der Waals surface area contributed by atoms with Crippen LogP contribution in [0.4, 0.5) is 0 Å². The fourth-order valence-corrected chi connectivity index (χ4v) is 9.12. The van der Waals surface area contributed by atoms with Crippen molar-refractivity contribution in [3.05, 3.63) is 206 Å². The van der Waals surface area contributed by atoms with Crippen molar-refractivity contribution in [3.63, 3.8) is 0 Å². The molecule has 0 aliphatic rings. The van der Waals surface area contributed by atoms with Gasteiger partial charge in [0.1, 0.15) is 11.2 Å². The van der Waals surface area contributed by atoms with Crippen molar-refractivity contribution >= 4 is 65.6 Å². The summed E-state index contributed by atoms with van der Waals surface area (Å²) in [7, 11) is 0. The quantitative estimate of drug-likeness (QED) is 0.173.